The topological polar surface area (TPSA) is 52.6 Å². The van der Waals surface area contributed by atoms with E-state index in [1.807, 2.05) is 19.9 Å². The van der Waals surface area contributed by atoms with Crippen LogP contribution in [0.25, 0.3) is 0 Å². The molecular weight excluding hydrogens is 292 g/mol. The van der Waals surface area contributed by atoms with E-state index in [0.29, 0.717) is 24.3 Å². The van der Waals surface area contributed by atoms with Gasteiger partial charge in [-0.25, -0.2) is 4.79 Å². The molecule has 4 nitrogen and oxygen atoms in total. The van der Waals surface area contributed by atoms with E-state index in [4.69, 9.17) is 9.47 Å². The number of rotatable bonds is 9. The van der Waals surface area contributed by atoms with Crippen LogP contribution in [-0.2, 0) is 22.4 Å². The summed E-state index contributed by atoms with van der Waals surface area (Å²) in [5.41, 5.74) is 2.41. The summed E-state index contributed by atoms with van der Waals surface area (Å²) in [6, 6.07) is 3.68. The molecule has 0 spiro atoms. The van der Waals surface area contributed by atoms with Crippen molar-refractivity contribution in [3.05, 3.63) is 28.8 Å². The van der Waals surface area contributed by atoms with Crippen molar-refractivity contribution in [3.8, 4) is 5.75 Å². The van der Waals surface area contributed by atoms with Crippen molar-refractivity contribution in [2.75, 3.05) is 6.61 Å². The number of carbonyl (C=O) groups excluding carboxylic acids is 2. The minimum absolute atomic E-state index is 0.341. The van der Waals surface area contributed by atoms with E-state index in [0.717, 1.165) is 43.2 Å². The Morgan fingerprint density at radius 3 is 2.30 bits per heavy atom. The predicted octanol–water partition coefficient (Wildman–Crippen LogP) is 4.47. The number of esters is 2. The van der Waals surface area contributed by atoms with Gasteiger partial charge in [-0.1, -0.05) is 39.7 Å². The van der Waals surface area contributed by atoms with Crippen LogP contribution in [0.1, 0.15) is 74.9 Å². The van der Waals surface area contributed by atoms with E-state index in [1.165, 1.54) is 6.92 Å². The Labute approximate surface area is 139 Å². The van der Waals surface area contributed by atoms with Gasteiger partial charge in [-0.3, -0.25) is 4.79 Å². The molecule has 0 saturated heterocycles. The zero-order valence-corrected chi connectivity index (χ0v) is 14.7. The third-order valence-corrected chi connectivity index (χ3v) is 3.71. The maximum atomic E-state index is 12.3. The Bertz CT molecular complexity index is 534. The average molecular weight is 320 g/mol. The first-order chi connectivity index (χ1) is 11.0. The summed E-state index contributed by atoms with van der Waals surface area (Å²) < 4.78 is 10.7. The molecule has 0 heterocycles. The number of benzene rings is 1. The quantitative estimate of drug-likeness (QED) is 0.382. The van der Waals surface area contributed by atoms with Gasteiger partial charge < -0.3 is 9.47 Å². The van der Waals surface area contributed by atoms with Crippen LogP contribution in [-0.4, -0.2) is 18.5 Å². The lowest BCUT2D eigenvalue weighted by Crippen LogP contribution is -2.14. The Morgan fingerprint density at radius 1 is 1.04 bits per heavy atom. The number of carbonyl (C=O) groups is 2. The highest BCUT2D eigenvalue weighted by molar-refractivity contribution is 5.94. The Hall–Kier alpha value is -1.84. The number of hydrogen-bond acceptors (Lipinski definition) is 4. The molecule has 0 bridgehead atoms. The van der Waals surface area contributed by atoms with Crippen molar-refractivity contribution >= 4 is 11.9 Å². The second-order valence-electron chi connectivity index (χ2n) is 5.62. The fourth-order valence-electron chi connectivity index (χ4n) is 2.47. The fraction of sp³-hybridized carbons (Fsp3) is 0.579. The van der Waals surface area contributed by atoms with Gasteiger partial charge in [0.05, 0.1) is 6.61 Å². The summed E-state index contributed by atoms with van der Waals surface area (Å²) in [6.07, 6.45) is 5.56. The van der Waals surface area contributed by atoms with Crippen molar-refractivity contribution in [3.63, 3.8) is 0 Å². The monoisotopic (exact) mass is 320 g/mol. The zero-order chi connectivity index (χ0) is 17.2. The minimum Gasteiger partial charge on any atom is -0.462 e. The smallest absolute Gasteiger partial charge is 0.341 e. The highest BCUT2D eigenvalue weighted by atomic mass is 16.5. The molecule has 0 aliphatic carbocycles. The number of aryl methyl sites for hydroxylation is 1. The first kappa shape index (κ1) is 19.2. The number of hydrogen-bond donors (Lipinski definition) is 0. The first-order valence-electron chi connectivity index (χ1n) is 8.55. The Balaban J connectivity index is 3.17. The normalized spacial score (nSPS) is 10.4. The van der Waals surface area contributed by atoms with E-state index in [2.05, 4.69) is 6.92 Å². The molecule has 0 atom stereocenters. The molecule has 23 heavy (non-hydrogen) atoms. The third kappa shape index (κ3) is 5.70. The molecule has 128 valence electrons. The van der Waals surface area contributed by atoms with E-state index >= 15 is 0 Å². The maximum Gasteiger partial charge on any atom is 0.341 e. The lowest BCUT2D eigenvalue weighted by Gasteiger charge is -2.16. The van der Waals surface area contributed by atoms with Gasteiger partial charge in [0.25, 0.3) is 0 Å². The standard InChI is InChI=1S/C19H28O4/c1-5-8-10-15-11-12-17(19(21)22-13-9-6-2)18(16(15)7-3)23-14(4)20/h11-12H,5-10,13H2,1-4H3. The molecule has 1 rings (SSSR count). The van der Waals surface area contributed by atoms with E-state index < -0.39 is 11.9 Å². The van der Waals surface area contributed by atoms with Crippen LogP contribution in [0.2, 0.25) is 0 Å². The molecule has 0 unspecified atom stereocenters. The van der Waals surface area contributed by atoms with Gasteiger partial charge in [0.1, 0.15) is 11.3 Å². The van der Waals surface area contributed by atoms with Gasteiger partial charge in [0, 0.05) is 6.92 Å². The van der Waals surface area contributed by atoms with Gasteiger partial charge in [0.15, 0.2) is 0 Å². The summed E-state index contributed by atoms with van der Waals surface area (Å²) in [5.74, 6) is -0.475. The van der Waals surface area contributed by atoms with E-state index in [9.17, 15) is 9.59 Å². The number of unbranched alkanes of at least 4 members (excludes halogenated alkanes) is 2. The second kappa shape index (κ2) is 10.0. The summed E-state index contributed by atoms with van der Waals surface area (Å²) in [7, 11) is 0. The van der Waals surface area contributed by atoms with Crippen molar-refractivity contribution in [2.45, 2.75) is 66.2 Å². The van der Waals surface area contributed by atoms with E-state index in [-0.39, 0.29) is 0 Å². The fourth-order valence-corrected chi connectivity index (χ4v) is 2.47. The molecule has 0 aromatic heterocycles. The van der Waals surface area contributed by atoms with Crippen LogP contribution in [0, 0.1) is 0 Å². The van der Waals surface area contributed by atoms with Crippen LogP contribution < -0.4 is 4.74 Å². The van der Waals surface area contributed by atoms with Crippen LogP contribution >= 0.6 is 0 Å². The lowest BCUT2D eigenvalue weighted by atomic mass is 9.96. The molecule has 0 fully saturated rings. The van der Waals surface area contributed by atoms with Gasteiger partial charge in [-0.15, -0.1) is 0 Å². The Morgan fingerprint density at radius 2 is 1.74 bits per heavy atom. The second-order valence-corrected chi connectivity index (χ2v) is 5.62. The van der Waals surface area contributed by atoms with Gasteiger partial charge in [0.2, 0.25) is 0 Å². The van der Waals surface area contributed by atoms with Crippen molar-refractivity contribution in [2.24, 2.45) is 0 Å². The van der Waals surface area contributed by atoms with Crippen molar-refractivity contribution < 1.29 is 19.1 Å². The predicted molar refractivity (Wildman–Crippen MR) is 90.9 cm³/mol. The molecule has 0 aliphatic rings. The molecule has 1 aromatic rings. The molecule has 1 aromatic carbocycles. The summed E-state index contributed by atoms with van der Waals surface area (Å²) in [6.45, 7) is 7.91. The molecular formula is C19H28O4. The molecule has 0 amide bonds. The molecule has 0 saturated carbocycles. The highest BCUT2D eigenvalue weighted by Gasteiger charge is 2.21. The van der Waals surface area contributed by atoms with E-state index in [1.54, 1.807) is 6.07 Å². The summed E-state index contributed by atoms with van der Waals surface area (Å²) in [5, 5.41) is 0. The van der Waals surface area contributed by atoms with Crippen LogP contribution in [0.4, 0.5) is 0 Å². The zero-order valence-electron chi connectivity index (χ0n) is 14.7. The van der Waals surface area contributed by atoms with Crippen molar-refractivity contribution in [1.82, 2.24) is 0 Å². The molecule has 4 heteroatoms. The van der Waals surface area contributed by atoms with Crippen LogP contribution in [0.5, 0.6) is 5.75 Å². The summed E-state index contributed by atoms with van der Waals surface area (Å²) >= 11 is 0. The molecule has 0 N–H and O–H groups in total. The van der Waals surface area contributed by atoms with Gasteiger partial charge >= 0.3 is 11.9 Å². The van der Waals surface area contributed by atoms with Crippen LogP contribution in [0.3, 0.4) is 0 Å². The van der Waals surface area contributed by atoms with Gasteiger partial charge in [-0.2, -0.15) is 0 Å². The largest absolute Gasteiger partial charge is 0.462 e. The average Bonchev–Trinajstić information content (AvgIpc) is 2.52. The molecule has 0 radical (unpaired) electrons. The summed E-state index contributed by atoms with van der Waals surface area (Å²) in [4.78, 5) is 23.8. The number of ether oxygens (including phenoxy) is 2. The van der Waals surface area contributed by atoms with Crippen LogP contribution in [0.15, 0.2) is 12.1 Å². The highest BCUT2D eigenvalue weighted by Crippen LogP contribution is 2.30. The minimum atomic E-state index is -0.425. The maximum absolute atomic E-state index is 12.3. The van der Waals surface area contributed by atoms with Gasteiger partial charge in [-0.05, 0) is 42.9 Å². The SMILES string of the molecule is CCCCOC(=O)c1ccc(CCCC)c(CC)c1OC(C)=O. The Kier molecular flexibility index (Phi) is 8.38. The first-order valence-corrected chi connectivity index (χ1v) is 8.55. The van der Waals surface area contributed by atoms with Crippen molar-refractivity contribution in [1.29, 1.82) is 0 Å². The lowest BCUT2D eigenvalue weighted by molar-refractivity contribution is -0.131. The third-order valence-electron chi connectivity index (χ3n) is 3.71. The molecule has 0 aliphatic heterocycles.